The number of benzene rings is 1. The maximum absolute atomic E-state index is 5.79. The monoisotopic (exact) mass is 209 g/mol. The predicted molar refractivity (Wildman–Crippen MR) is 52.3 cm³/mol. The second-order valence-electron chi connectivity index (χ2n) is 2.67. The third-order valence-electron chi connectivity index (χ3n) is 1.64. The Balaban J connectivity index is 1.98. The van der Waals surface area contributed by atoms with Crippen molar-refractivity contribution in [2.45, 2.75) is 6.61 Å². The quantitative estimate of drug-likeness (QED) is 0.780. The van der Waals surface area contributed by atoms with E-state index >= 15 is 0 Å². The van der Waals surface area contributed by atoms with Crippen LogP contribution in [-0.4, -0.2) is 4.98 Å². The molecule has 72 valence electrons. The molecule has 0 bridgehead atoms. The summed E-state index contributed by atoms with van der Waals surface area (Å²) in [5, 5.41) is 0.648. The Kier molecular flexibility index (Phi) is 2.70. The van der Waals surface area contributed by atoms with E-state index in [2.05, 4.69) is 4.98 Å². The molecule has 0 aliphatic heterocycles. The molecule has 0 radical (unpaired) electrons. The lowest BCUT2D eigenvalue weighted by molar-refractivity contribution is 0.263. The molecule has 0 amide bonds. The van der Waals surface area contributed by atoms with Crippen LogP contribution < -0.4 is 4.74 Å². The number of ether oxygens (including phenoxy) is 1. The van der Waals surface area contributed by atoms with E-state index in [0.717, 1.165) is 0 Å². The summed E-state index contributed by atoms with van der Waals surface area (Å²) in [4.78, 5) is 3.93. The lowest BCUT2D eigenvalue weighted by atomic mass is 10.3. The van der Waals surface area contributed by atoms with Gasteiger partial charge in [-0.3, -0.25) is 0 Å². The molecule has 0 N–H and O–H groups in total. The fourth-order valence-electron chi connectivity index (χ4n) is 1.03. The number of hydrogen-bond donors (Lipinski definition) is 0. The average molecular weight is 210 g/mol. The molecule has 3 nitrogen and oxygen atoms in total. The highest BCUT2D eigenvalue weighted by Crippen LogP contribution is 2.17. The molecule has 1 heterocycles. The van der Waals surface area contributed by atoms with E-state index in [0.29, 0.717) is 23.3 Å². The lowest BCUT2D eigenvalue weighted by Gasteiger charge is -2.02. The fraction of sp³-hybridized carbons (Fsp3) is 0.100. The smallest absolute Gasteiger partial charge is 0.232 e. The fourth-order valence-corrected chi connectivity index (χ4v) is 1.21. The maximum atomic E-state index is 5.79. The van der Waals surface area contributed by atoms with Crippen LogP contribution in [0.15, 0.2) is 41.1 Å². The summed E-state index contributed by atoms with van der Waals surface area (Å²) in [5.41, 5.74) is 0. The van der Waals surface area contributed by atoms with Gasteiger partial charge < -0.3 is 9.15 Å². The van der Waals surface area contributed by atoms with Crippen LogP contribution in [0, 0.1) is 0 Å². The first-order valence-electron chi connectivity index (χ1n) is 4.11. The van der Waals surface area contributed by atoms with Gasteiger partial charge in [0.25, 0.3) is 0 Å². The Bertz CT molecular complexity index is 400. The number of halogens is 1. The molecular weight excluding hydrogens is 202 g/mol. The van der Waals surface area contributed by atoms with Gasteiger partial charge in [-0.05, 0) is 18.2 Å². The van der Waals surface area contributed by atoms with Gasteiger partial charge in [0, 0.05) is 5.02 Å². The Labute approximate surface area is 86.3 Å². The minimum Gasteiger partial charge on any atom is -0.484 e. The summed E-state index contributed by atoms with van der Waals surface area (Å²) in [6.07, 6.45) is 3.09. The normalized spacial score (nSPS) is 10.1. The van der Waals surface area contributed by atoms with Crippen LogP contribution in [0.3, 0.4) is 0 Å². The Morgan fingerprint density at radius 1 is 1.43 bits per heavy atom. The predicted octanol–water partition coefficient (Wildman–Crippen LogP) is 2.91. The summed E-state index contributed by atoms with van der Waals surface area (Å²) in [6, 6.07) is 7.19. The molecule has 0 fully saturated rings. The molecule has 4 heteroatoms. The highest BCUT2D eigenvalue weighted by Gasteiger charge is 1.99. The van der Waals surface area contributed by atoms with E-state index in [1.165, 1.54) is 6.26 Å². The van der Waals surface area contributed by atoms with Crippen molar-refractivity contribution in [1.29, 1.82) is 0 Å². The topological polar surface area (TPSA) is 35.3 Å². The van der Waals surface area contributed by atoms with Gasteiger partial charge in [0.1, 0.15) is 12.0 Å². The molecule has 0 saturated heterocycles. The zero-order chi connectivity index (χ0) is 9.80. The van der Waals surface area contributed by atoms with Crippen LogP contribution in [0.2, 0.25) is 5.02 Å². The molecule has 0 spiro atoms. The number of oxazole rings is 1. The van der Waals surface area contributed by atoms with Crippen molar-refractivity contribution in [3.63, 3.8) is 0 Å². The van der Waals surface area contributed by atoms with E-state index in [9.17, 15) is 0 Å². The van der Waals surface area contributed by atoms with Crippen LogP contribution in [0.1, 0.15) is 5.89 Å². The molecule has 1 aromatic heterocycles. The van der Waals surface area contributed by atoms with Gasteiger partial charge in [-0.1, -0.05) is 17.7 Å². The molecule has 2 rings (SSSR count). The SMILES string of the molecule is Clc1cccc(OCc2ncco2)c1. The molecule has 0 saturated carbocycles. The van der Waals surface area contributed by atoms with Crippen LogP contribution >= 0.6 is 11.6 Å². The van der Waals surface area contributed by atoms with E-state index in [4.69, 9.17) is 20.8 Å². The van der Waals surface area contributed by atoms with Crippen LogP contribution in [0.5, 0.6) is 5.75 Å². The van der Waals surface area contributed by atoms with Gasteiger partial charge in [-0.2, -0.15) is 0 Å². The average Bonchev–Trinajstić information content (AvgIpc) is 2.67. The van der Waals surface area contributed by atoms with Crippen molar-refractivity contribution in [2.24, 2.45) is 0 Å². The standard InChI is InChI=1S/C10H8ClNO2/c11-8-2-1-3-9(6-8)14-7-10-12-4-5-13-10/h1-6H,7H2. The van der Waals surface area contributed by atoms with Crippen molar-refractivity contribution in [2.75, 3.05) is 0 Å². The van der Waals surface area contributed by atoms with Crippen LogP contribution in [0.4, 0.5) is 0 Å². The first-order chi connectivity index (χ1) is 6.84. The zero-order valence-corrected chi connectivity index (χ0v) is 8.07. The first-order valence-corrected chi connectivity index (χ1v) is 4.49. The van der Waals surface area contributed by atoms with Gasteiger partial charge in [0.05, 0.1) is 6.20 Å². The highest BCUT2D eigenvalue weighted by atomic mass is 35.5. The molecule has 0 unspecified atom stereocenters. The highest BCUT2D eigenvalue weighted by molar-refractivity contribution is 6.30. The van der Waals surface area contributed by atoms with Gasteiger partial charge in [-0.15, -0.1) is 0 Å². The number of nitrogens with zero attached hydrogens (tertiary/aromatic N) is 1. The minimum absolute atomic E-state index is 0.313. The van der Waals surface area contributed by atoms with E-state index in [1.807, 2.05) is 12.1 Å². The third kappa shape index (κ3) is 2.26. The van der Waals surface area contributed by atoms with Crippen LogP contribution in [-0.2, 0) is 6.61 Å². The van der Waals surface area contributed by atoms with Crippen LogP contribution in [0.25, 0.3) is 0 Å². The number of aromatic nitrogens is 1. The molecule has 0 atom stereocenters. The summed E-state index contributed by atoms with van der Waals surface area (Å²) < 4.78 is 10.4. The third-order valence-corrected chi connectivity index (χ3v) is 1.88. The Hall–Kier alpha value is -1.48. The lowest BCUT2D eigenvalue weighted by Crippen LogP contribution is -1.94. The summed E-state index contributed by atoms with van der Waals surface area (Å²) >= 11 is 5.79. The summed E-state index contributed by atoms with van der Waals surface area (Å²) in [6.45, 7) is 0.313. The second kappa shape index (κ2) is 4.15. The van der Waals surface area contributed by atoms with Crippen molar-refractivity contribution >= 4 is 11.6 Å². The van der Waals surface area contributed by atoms with Crippen molar-refractivity contribution in [1.82, 2.24) is 4.98 Å². The second-order valence-corrected chi connectivity index (χ2v) is 3.11. The first kappa shape index (κ1) is 9.09. The molecule has 0 aliphatic carbocycles. The van der Waals surface area contributed by atoms with Gasteiger partial charge in [0.2, 0.25) is 5.89 Å². The summed E-state index contributed by atoms with van der Waals surface area (Å²) in [5.74, 6) is 1.25. The van der Waals surface area contributed by atoms with E-state index < -0.39 is 0 Å². The largest absolute Gasteiger partial charge is 0.484 e. The van der Waals surface area contributed by atoms with E-state index in [1.54, 1.807) is 18.3 Å². The number of hydrogen-bond acceptors (Lipinski definition) is 3. The van der Waals surface area contributed by atoms with Gasteiger partial charge >= 0.3 is 0 Å². The Morgan fingerprint density at radius 3 is 3.07 bits per heavy atom. The van der Waals surface area contributed by atoms with Gasteiger partial charge in [-0.25, -0.2) is 4.98 Å². The van der Waals surface area contributed by atoms with Gasteiger partial charge in [0.15, 0.2) is 6.61 Å². The molecule has 14 heavy (non-hydrogen) atoms. The molecule has 2 aromatic rings. The molecule has 1 aromatic carbocycles. The minimum atomic E-state index is 0.313. The van der Waals surface area contributed by atoms with Crippen molar-refractivity contribution in [3.8, 4) is 5.75 Å². The maximum Gasteiger partial charge on any atom is 0.232 e. The van der Waals surface area contributed by atoms with Crippen molar-refractivity contribution < 1.29 is 9.15 Å². The van der Waals surface area contributed by atoms with E-state index in [-0.39, 0.29) is 0 Å². The van der Waals surface area contributed by atoms with Crippen molar-refractivity contribution in [3.05, 3.63) is 47.6 Å². The Morgan fingerprint density at radius 2 is 2.36 bits per heavy atom. The summed E-state index contributed by atoms with van der Waals surface area (Å²) in [7, 11) is 0. The molecular formula is C10H8ClNO2. The number of rotatable bonds is 3. The molecule has 0 aliphatic rings. The zero-order valence-electron chi connectivity index (χ0n) is 7.31.